The summed E-state index contributed by atoms with van der Waals surface area (Å²) in [6.07, 6.45) is 4.66. The predicted molar refractivity (Wildman–Crippen MR) is 73.4 cm³/mol. The van der Waals surface area contributed by atoms with E-state index in [0.29, 0.717) is 0 Å². The molecule has 1 aromatic heterocycles. The molecule has 0 amide bonds. The zero-order valence-electron chi connectivity index (χ0n) is 9.55. The first-order valence-electron chi connectivity index (χ1n) is 5.40. The highest BCUT2D eigenvalue weighted by Crippen LogP contribution is 2.15. The van der Waals surface area contributed by atoms with E-state index in [0.717, 1.165) is 23.6 Å². The van der Waals surface area contributed by atoms with Gasteiger partial charge in [0.25, 0.3) is 0 Å². The summed E-state index contributed by atoms with van der Waals surface area (Å²) in [6, 6.07) is 7.88. The quantitative estimate of drug-likeness (QED) is 0.814. The van der Waals surface area contributed by atoms with Crippen molar-refractivity contribution in [2.75, 3.05) is 5.32 Å². The topological polar surface area (TPSA) is 55.9 Å². The zero-order valence-corrected chi connectivity index (χ0v) is 10.4. The van der Waals surface area contributed by atoms with Crippen LogP contribution in [0.3, 0.4) is 0 Å². The van der Waals surface area contributed by atoms with E-state index in [4.69, 9.17) is 18.0 Å². The van der Waals surface area contributed by atoms with Crippen molar-refractivity contribution in [2.45, 2.75) is 13.3 Å². The summed E-state index contributed by atoms with van der Waals surface area (Å²) in [6.45, 7) is 2.08. The standard InChI is InChI=1S/C12H14N4S/c1-2-11-14-7-8-16(11)10-5-3-9(4-6-10)15-12(13)17/h3-8H,2H2,1H3,(H3,13,15,17). The summed E-state index contributed by atoms with van der Waals surface area (Å²) in [5, 5.41) is 3.16. The molecule has 88 valence electrons. The third-order valence-corrected chi connectivity index (χ3v) is 2.55. The summed E-state index contributed by atoms with van der Waals surface area (Å²) in [5.41, 5.74) is 7.37. The Balaban J connectivity index is 2.26. The Morgan fingerprint density at radius 1 is 1.41 bits per heavy atom. The van der Waals surface area contributed by atoms with Crippen molar-refractivity contribution in [3.8, 4) is 5.69 Å². The number of aryl methyl sites for hydroxylation is 1. The van der Waals surface area contributed by atoms with E-state index in [9.17, 15) is 0 Å². The van der Waals surface area contributed by atoms with E-state index in [1.165, 1.54) is 0 Å². The van der Waals surface area contributed by atoms with Crippen LogP contribution in [0.15, 0.2) is 36.7 Å². The van der Waals surface area contributed by atoms with Crippen LogP contribution in [0.4, 0.5) is 5.69 Å². The number of nitrogens with two attached hydrogens (primary N) is 1. The molecule has 0 unspecified atom stereocenters. The molecule has 0 bridgehead atoms. The molecule has 1 heterocycles. The van der Waals surface area contributed by atoms with Crippen molar-refractivity contribution in [3.05, 3.63) is 42.5 Å². The van der Waals surface area contributed by atoms with Gasteiger partial charge in [0.1, 0.15) is 5.82 Å². The number of imidazole rings is 1. The molecule has 5 heteroatoms. The van der Waals surface area contributed by atoms with E-state index in [1.54, 1.807) is 6.20 Å². The van der Waals surface area contributed by atoms with Gasteiger partial charge in [0.15, 0.2) is 5.11 Å². The molecule has 17 heavy (non-hydrogen) atoms. The lowest BCUT2D eigenvalue weighted by atomic mass is 10.2. The van der Waals surface area contributed by atoms with Crippen LogP contribution in [0.5, 0.6) is 0 Å². The van der Waals surface area contributed by atoms with E-state index in [-0.39, 0.29) is 5.11 Å². The lowest BCUT2D eigenvalue weighted by molar-refractivity contribution is 0.891. The van der Waals surface area contributed by atoms with E-state index >= 15 is 0 Å². The second-order valence-corrected chi connectivity index (χ2v) is 4.04. The Hall–Kier alpha value is -1.88. The lowest BCUT2D eigenvalue weighted by Gasteiger charge is -2.08. The highest BCUT2D eigenvalue weighted by Gasteiger charge is 2.02. The molecular formula is C12H14N4S. The number of thiocarbonyl (C=S) groups is 1. The average molecular weight is 246 g/mol. The van der Waals surface area contributed by atoms with E-state index in [1.807, 2.05) is 30.5 Å². The molecular weight excluding hydrogens is 232 g/mol. The van der Waals surface area contributed by atoms with Gasteiger partial charge in [0.05, 0.1) is 0 Å². The molecule has 1 aromatic carbocycles. The van der Waals surface area contributed by atoms with Crippen molar-refractivity contribution in [1.29, 1.82) is 0 Å². The number of hydrogen-bond donors (Lipinski definition) is 2. The van der Waals surface area contributed by atoms with E-state index < -0.39 is 0 Å². The van der Waals surface area contributed by atoms with Crippen molar-refractivity contribution >= 4 is 23.0 Å². The number of hydrogen-bond acceptors (Lipinski definition) is 2. The molecule has 4 nitrogen and oxygen atoms in total. The molecule has 2 rings (SSSR count). The summed E-state index contributed by atoms with van der Waals surface area (Å²) in [7, 11) is 0. The van der Waals surface area contributed by atoms with Gasteiger partial charge in [-0.3, -0.25) is 0 Å². The van der Waals surface area contributed by atoms with Crippen LogP contribution in [0.25, 0.3) is 5.69 Å². The van der Waals surface area contributed by atoms with Gasteiger partial charge in [-0.1, -0.05) is 6.92 Å². The van der Waals surface area contributed by atoms with Gasteiger partial charge in [0, 0.05) is 30.2 Å². The van der Waals surface area contributed by atoms with Crippen LogP contribution >= 0.6 is 12.2 Å². The molecule has 0 saturated carbocycles. The Morgan fingerprint density at radius 2 is 2.12 bits per heavy atom. The smallest absolute Gasteiger partial charge is 0.168 e. The van der Waals surface area contributed by atoms with Gasteiger partial charge in [-0.15, -0.1) is 0 Å². The minimum atomic E-state index is 0.273. The summed E-state index contributed by atoms with van der Waals surface area (Å²) in [4.78, 5) is 4.29. The first-order valence-corrected chi connectivity index (χ1v) is 5.80. The monoisotopic (exact) mass is 246 g/mol. The van der Waals surface area contributed by atoms with Gasteiger partial charge in [-0.25, -0.2) is 4.98 Å². The van der Waals surface area contributed by atoms with Crippen molar-refractivity contribution in [2.24, 2.45) is 5.73 Å². The van der Waals surface area contributed by atoms with Gasteiger partial charge >= 0.3 is 0 Å². The molecule has 2 aromatic rings. The number of anilines is 1. The maximum Gasteiger partial charge on any atom is 0.168 e. The van der Waals surface area contributed by atoms with E-state index in [2.05, 4.69) is 21.8 Å². The fourth-order valence-corrected chi connectivity index (χ4v) is 1.80. The third-order valence-electron chi connectivity index (χ3n) is 2.45. The van der Waals surface area contributed by atoms with Crippen LogP contribution in [-0.2, 0) is 6.42 Å². The first-order chi connectivity index (χ1) is 8.20. The Labute approximate surface area is 105 Å². The van der Waals surface area contributed by atoms with Gasteiger partial charge < -0.3 is 15.6 Å². The minimum Gasteiger partial charge on any atom is -0.376 e. The van der Waals surface area contributed by atoms with Crippen molar-refractivity contribution in [1.82, 2.24) is 9.55 Å². The fraction of sp³-hybridized carbons (Fsp3) is 0.167. The molecule has 0 saturated heterocycles. The number of rotatable bonds is 3. The molecule has 0 aliphatic carbocycles. The number of benzene rings is 1. The third kappa shape index (κ3) is 2.62. The molecule has 3 N–H and O–H groups in total. The van der Waals surface area contributed by atoms with Crippen LogP contribution in [0.2, 0.25) is 0 Å². The molecule has 0 aliphatic heterocycles. The van der Waals surface area contributed by atoms with Gasteiger partial charge in [-0.2, -0.15) is 0 Å². The molecule has 0 radical (unpaired) electrons. The fourth-order valence-electron chi connectivity index (χ4n) is 1.68. The van der Waals surface area contributed by atoms with Gasteiger partial charge in [0.2, 0.25) is 0 Å². The minimum absolute atomic E-state index is 0.273. The number of nitrogens with one attached hydrogen (secondary N) is 1. The highest BCUT2D eigenvalue weighted by atomic mass is 32.1. The van der Waals surface area contributed by atoms with Gasteiger partial charge in [-0.05, 0) is 36.5 Å². The maximum atomic E-state index is 5.41. The van der Waals surface area contributed by atoms with Crippen molar-refractivity contribution < 1.29 is 0 Å². The zero-order chi connectivity index (χ0) is 12.3. The SMILES string of the molecule is CCc1nccn1-c1ccc(NC(N)=S)cc1. The lowest BCUT2D eigenvalue weighted by Crippen LogP contribution is -2.18. The number of nitrogens with zero attached hydrogens (tertiary/aromatic N) is 2. The predicted octanol–water partition coefficient (Wildman–Crippen LogP) is 2.09. The van der Waals surface area contributed by atoms with Crippen LogP contribution in [0.1, 0.15) is 12.7 Å². The largest absolute Gasteiger partial charge is 0.376 e. The number of aromatic nitrogens is 2. The van der Waals surface area contributed by atoms with Crippen molar-refractivity contribution in [3.63, 3.8) is 0 Å². The Kier molecular flexibility index (Phi) is 3.39. The first kappa shape index (κ1) is 11.6. The van der Waals surface area contributed by atoms with Crippen LogP contribution < -0.4 is 11.1 Å². The van der Waals surface area contributed by atoms with Crippen LogP contribution in [0, 0.1) is 0 Å². The molecule has 0 spiro atoms. The molecule has 0 fully saturated rings. The Morgan fingerprint density at radius 3 is 2.71 bits per heavy atom. The molecule has 0 aliphatic rings. The summed E-state index contributed by atoms with van der Waals surface area (Å²) >= 11 is 4.78. The molecule has 0 atom stereocenters. The summed E-state index contributed by atoms with van der Waals surface area (Å²) in [5.74, 6) is 1.04. The summed E-state index contributed by atoms with van der Waals surface area (Å²) < 4.78 is 2.06. The Bertz CT molecular complexity index is 516. The average Bonchev–Trinajstić information content (AvgIpc) is 2.77. The normalized spacial score (nSPS) is 10.2. The highest BCUT2D eigenvalue weighted by molar-refractivity contribution is 7.80. The second-order valence-electron chi connectivity index (χ2n) is 3.60. The second kappa shape index (κ2) is 4.97. The van der Waals surface area contributed by atoms with Crippen LogP contribution in [-0.4, -0.2) is 14.7 Å². The maximum absolute atomic E-state index is 5.41.